The van der Waals surface area contributed by atoms with Crippen LogP contribution < -0.4 is 9.47 Å². The fraction of sp³-hybridized carbons (Fsp3) is 0.0625. The van der Waals surface area contributed by atoms with E-state index in [0.717, 1.165) is 28.9 Å². The molecule has 0 fully saturated rings. The smallest absolute Gasteiger partial charge is 0.231 e. The summed E-state index contributed by atoms with van der Waals surface area (Å²) in [6.45, 7) is 0.282. The van der Waals surface area contributed by atoms with Gasteiger partial charge in [0.2, 0.25) is 6.79 Å². The Balaban J connectivity index is 1.84. The summed E-state index contributed by atoms with van der Waals surface area (Å²) in [7, 11) is 0. The van der Waals surface area contributed by atoms with E-state index in [2.05, 4.69) is 0 Å². The number of carbonyl (C=O) groups is 1. The molecule has 0 atom stereocenters. The van der Waals surface area contributed by atoms with E-state index in [1.807, 2.05) is 48.6 Å². The van der Waals surface area contributed by atoms with E-state index in [1.165, 1.54) is 0 Å². The number of aldehydes is 1. The minimum absolute atomic E-state index is 0.282. The molecule has 0 radical (unpaired) electrons. The van der Waals surface area contributed by atoms with Crippen LogP contribution in [0, 0.1) is 0 Å². The number of carbonyl (C=O) groups excluding carboxylic acids is 1. The van der Waals surface area contributed by atoms with E-state index < -0.39 is 0 Å². The zero-order chi connectivity index (χ0) is 13.1. The van der Waals surface area contributed by atoms with Crippen LogP contribution >= 0.6 is 0 Å². The Bertz CT molecular complexity index is 644. The Hall–Kier alpha value is -2.55. The molecule has 1 heterocycles. The lowest BCUT2D eigenvalue weighted by Crippen LogP contribution is -1.92. The lowest BCUT2D eigenvalue weighted by molar-refractivity contribution is 0.112. The summed E-state index contributed by atoms with van der Waals surface area (Å²) in [5.74, 6) is 1.55. The lowest BCUT2D eigenvalue weighted by atomic mass is 10.1. The van der Waals surface area contributed by atoms with Crippen LogP contribution in [0.2, 0.25) is 0 Å². The van der Waals surface area contributed by atoms with Gasteiger partial charge < -0.3 is 9.47 Å². The van der Waals surface area contributed by atoms with Crippen LogP contribution in [0.25, 0.3) is 12.2 Å². The quantitative estimate of drug-likeness (QED) is 0.620. The minimum Gasteiger partial charge on any atom is -0.454 e. The van der Waals surface area contributed by atoms with Gasteiger partial charge in [-0.15, -0.1) is 0 Å². The van der Waals surface area contributed by atoms with Crippen molar-refractivity contribution in [2.24, 2.45) is 0 Å². The predicted molar refractivity (Wildman–Crippen MR) is 73.3 cm³/mol. The van der Waals surface area contributed by atoms with Crippen LogP contribution in [0.5, 0.6) is 11.5 Å². The lowest BCUT2D eigenvalue weighted by Gasteiger charge is -1.98. The van der Waals surface area contributed by atoms with Gasteiger partial charge in [0.05, 0.1) is 0 Å². The maximum Gasteiger partial charge on any atom is 0.231 e. The minimum atomic E-state index is 0.282. The number of hydrogen-bond donors (Lipinski definition) is 0. The molecule has 2 aromatic carbocycles. The van der Waals surface area contributed by atoms with Crippen LogP contribution in [-0.2, 0) is 0 Å². The molecule has 0 bridgehead atoms. The first-order valence-corrected chi connectivity index (χ1v) is 5.98. The Morgan fingerprint density at radius 1 is 0.842 bits per heavy atom. The van der Waals surface area contributed by atoms with Crippen LogP contribution in [-0.4, -0.2) is 13.1 Å². The summed E-state index contributed by atoms with van der Waals surface area (Å²) < 4.78 is 10.6. The molecule has 0 aromatic heterocycles. The molecule has 0 saturated carbocycles. The van der Waals surface area contributed by atoms with E-state index in [9.17, 15) is 4.79 Å². The Labute approximate surface area is 111 Å². The van der Waals surface area contributed by atoms with E-state index in [-0.39, 0.29) is 6.79 Å². The van der Waals surface area contributed by atoms with Crippen molar-refractivity contribution in [3.63, 3.8) is 0 Å². The van der Waals surface area contributed by atoms with Crippen molar-refractivity contribution in [2.45, 2.75) is 0 Å². The summed E-state index contributed by atoms with van der Waals surface area (Å²) >= 11 is 0. The summed E-state index contributed by atoms with van der Waals surface area (Å²) in [6, 6.07) is 13.2. The summed E-state index contributed by atoms with van der Waals surface area (Å²) in [5.41, 5.74) is 2.69. The summed E-state index contributed by atoms with van der Waals surface area (Å²) in [4.78, 5) is 10.7. The summed E-state index contributed by atoms with van der Waals surface area (Å²) in [5, 5.41) is 0. The zero-order valence-electron chi connectivity index (χ0n) is 10.2. The van der Waals surface area contributed by atoms with E-state index >= 15 is 0 Å². The monoisotopic (exact) mass is 252 g/mol. The molecule has 19 heavy (non-hydrogen) atoms. The molecular formula is C16H12O3. The zero-order valence-corrected chi connectivity index (χ0v) is 10.2. The number of hydrogen-bond acceptors (Lipinski definition) is 3. The van der Waals surface area contributed by atoms with Gasteiger partial charge in [-0.1, -0.05) is 36.4 Å². The first-order valence-electron chi connectivity index (χ1n) is 5.98. The molecule has 2 aromatic rings. The van der Waals surface area contributed by atoms with Crippen molar-refractivity contribution in [3.05, 3.63) is 59.2 Å². The fourth-order valence-corrected chi connectivity index (χ4v) is 1.95. The van der Waals surface area contributed by atoms with Crippen molar-refractivity contribution < 1.29 is 14.3 Å². The van der Waals surface area contributed by atoms with Crippen LogP contribution in [0.15, 0.2) is 42.5 Å². The van der Waals surface area contributed by atoms with Crippen molar-refractivity contribution in [1.29, 1.82) is 0 Å². The molecule has 0 unspecified atom stereocenters. The van der Waals surface area contributed by atoms with E-state index in [4.69, 9.17) is 9.47 Å². The second-order valence-electron chi connectivity index (χ2n) is 4.23. The third-order valence-electron chi connectivity index (χ3n) is 2.91. The molecule has 3 nitrogen and oxygen atoms in total. The molecule has 94 valence electrons. The molecule has 1 aliphatic heterocycles. The second kappa shape index (κ2) is 4.98. The second-order valence-corrected chi connectivity index (χ2v) is 4.23. The normalized spacial score (nSPS) is 12.8. The van der Waals surface area contributed by atoms with Gasteiger partial charge in [0.1, 0.15) is 6.29 Å². The van der Waals surface area contributed by atoms with Crippen molar-refractivity contribution in [3.8, 4) is 11.5 Å². The standard InChI is InChI=1S/C16H12O3/c17-10-14-3-1-2-12(8-14)4-5-13-6-7-15-16(9-13)19-11-18-15/h1-10H,11H2/b5-4+. The predicted octanol–water partition coefficient (Wildman–Crippen LogP) is 3.40. The molecule has 3 heteroatoms. The number of rotatable bonds is 3. The van der Waals surface area contributed by atoms with Gasteiger partial charge in [-0.2, -0.15) is 0 Å². The average molecular weight is 252 g/mol. The highest BCUT2D eigenvalue weighted by atomic mass is 16.7. The number of ether oxygens (including phenoxy) is 2. The van der Waals surface area contributed by atoms with E-state index in [1.54, 1.807) is 6.07 Å². The first-order chi connectivity index (χ1) is 9.35. The molecule has 0 aliphatic carbocycles. The molecule has 0 saturated heterocycles. The van der Waals surface area contributed by atoms with Crippen molar-refractivity contribution in [2.75, 3.05) is 6.79 Å². The van der Waals surface area contributed by atoms with Crippen molar-refractivity contribution >= 4 is 18.4 Å². The van der Waals surface area contributed by atoms with Crippen LogP contribution in [0.3, 0.4) is 0 Å². The molecule has 0 N–H and O–H groups in total. The van der Waals surface area contributed by atoms with Crippen LogP contribution in [0.1, 0.15) is 21.5 Å². The largest absolute Gasteiger partial charge is 0.454 e. The molecule has 1 aliphatic rings. The molecule has 0 spiro atoms. The molecular weight excluding hydrogens is 240 g/mol. The van der Waals surface area contributed by atoms with Gasteiger partial charge >= 0.3 is 0 Å². The Morgan fingerprint density at radius 2 is 1.58 bits per heavy atom. The third kappa shape index (κ3) is 2.50. The summed E-state index contributed by atoms with van der Waals surface area (Å²) in [6.07, 6.45) is 4.79. The van der Waals surface area contributed by atoms with Crippen molar-refractivity contribution in [1.82, 2.24) is 0 Å². The maximum atomic E-state index is 10.7. The van der Waals surface area contributed by atoms with Gasteiger partial charge in [-0.05, 0) is 29.3 Å². The Kier molecular flexibility index (Phi) is 3.02. The fourth-order valence-electron chi connectivity index (χ4n) is 1.95. The Morgan fingerprint density at radius 3 is 2.42 bits per heavy atom. The van der Waals surface area contributed by atoms with E-state index in [0.29, 0.717) is 5.56 Å². The number of benzene rings is 2. The number of fused-ring (bicyclic) bond motifs is 1. The maximum absolute atomic E-state index is 10.7. The van der Waals surface area contributed by atoms with Gasteiger partial charge in [0, 0.05) is 5.56 Å². The van der Waals surface area contributed by atoms with Gasteiger partial charge in [-0.25, -0.2) is 0 Å². The highest BCUT2D eigenvalue weighted by Gasteiger charge is 2.11. The van der Waals surface area contributed by atoms with Gasteiger partial charge in [0.25, 0.3) is 0 Å². The van der Waals surface area contributed by atoms with Gasteiger partial charge in [0.15, 0.2) is 11.5 Å². The third-order valence-corrected chi connectivity index (χ3v) is 2.91. The van der Waals surface area contributed by atoms with Gasteiger partial charge in [-0.3, -0.25) is 4.79 Å². The molecule has 0 amide bonds. The SMILES string of the molecule is O=Cc1cccc(/C=C/c2ccc3c(c2)OCO3)c1. The highest BCUT2D eigenvalue weighted by molar-refractivity contribution is 5.78. The highest BCUT2D eigenvalue weighted by Crippen LogP contribution is 2.32. The van der Waals surface area contributed by atoms with Crippen LogP contribution in [0.4, 0.5) is 0 Å². The average Bonchev–Trinajstić information content (AvgIpc) is 2.93. The molecule has 3 rings (SSSR count). The first kappa shape index (κ1) is 11.5. The topological polar surface area (TPSA) is 35.5 Å².